The van der Waals surface area contributed by atoms with E-state index < -0.39 is 0 Å². The van der Waals surface area contributed by atoms with E-state index in [2.05, 4.69) is 10.4 Å². The van der Waals surface area contributed by atoms with E-state index in [1.165, 1.54) is 0 Å². The molecule has 0 aliphatic carbocycles. The van der Waals surface area contributed by atoms with Gasteiger partial charge in [0.1, 0.15) is 5.82 Å². The lowest BCUT2D eigenvalue weighted by Crippen LogP contribution is -2.30. The van der Waals surface area contributed by atoms with Crippen LogP contribution in [0.2, 0.25) is 0 Å². The number of likely N-dealkylation sites (tertiary alicyclic amines) is 1. The molecule has 2 heterocycles. The van der Waals surface area contributed by atoms with Crippen LogP contribution in [0, 0.1) is 0 Å². The van der Waals surface area contributed by atoms with Gasteiger partial charge in [-0.1, -0.05) is 13.8 Å². The molecule has 1 unspecified atom stereocenters. The quantitative estimate of drug-likeness (QED) is 0.642. The Balaban J connectivity index is 2.23. The van der Waals surface area contributed by atoms with Crippen molar-refractivity contribution in [2.75, 3.05) is 25.6 Å². The number of rotatable bonds is 4. The lowest BCUT2D eigenvalue weighted by Gasteiger charge is -2.17. The Morgan fingerprint density at radius 2 is 2.30 bits per heavy atom. The number of pyridine rings is 1. The lowest BCUT2D eigenvalue weighted by atomic mass is 10.1. The fourth-order valence-corrected chi connectivity index (χ4v) is 2.33. The zero-order valence-corrected chi connectivity index (χ0v) is 12.2. The van der Waals surface area contributed by atoms with Crippen LogP contribution in [0.25, 0.3) is 0 Å². The number of aromatic nitrogens is 1. The van der Waals surface area contributed by atoms with Gasteiger partial charge in [-0.25, -0.2) is 10.8 Å². The zero-order chi connectivity index (χ0) is 14.7. The average molecular weight is 278 g/mol. The number of anilines is 1. The van der Waals surface area contributed by atoms with Gasteiger partial charge >= 0.3 is 0 Å². The fraction of sp³-hybridized carbons (Fsp3) is 0.571. The van der Waals surface area contributed by atoms with Gasteiger partial charge in [-0.15, -0.1) is 0 Å². The SMILES string of the molecule is COC1CCN(C(=O)c2cc(NN)nc(C(C)C)c2)C1. The number of hydrogen-bond donors (Lipinski definition) is 2. The fourth-order valence-electron chi connectivity index (χ4n) is 2.33. The molecule has 0 aromatic carbocycles. The summed E-state index contributed by atoms with van der Waals surface area (Å²) in [7, 11) is 1.68. The number of amides is 1. The first-order chi connectivity index (χ1) is 9.55. The maximum absolute atomic E-state index is 12.5. The number of hydrazine groups is 1. The standard InChI is InChI=1S/C14H22N4O2/c1-9(2)12-6-10(7-13(16-12)17-15)14(19)18-5-4-11(8-18)20-3/h6-7,9,11H,4-5,8,15H2,1-3H3,(H,16,17). The smallest absolute Gasteiger partial charge is 0.254 e. The van der Waals surface area contributed by atoms with Crippen LogP contribution in [-0.2, 0) is 4.74 Å². The molecule has 6 heteroatoms. The first-order valence-electron chi connectivity index (χ1n) is 6.85. The van der Waals surface area contributed by atoms with E-state index in [1.807, 2.05) is 24.8 Å². The topological polar surface area (TPSA) is 80.5 Å². The monoisotopic (exact) mass is 278 g/mol. The Hall–Kier alpha value is -1.66. The summed E-state index contributed by atoms with van der Waals surface area (Å²) < 4.78 is 5.30. The van der Waals surface area contributed by atoms with Crippen LogP contribution in [0.3, 0.4) is 0 Å². The van der Waals surface area contributed by atoms with Gasteiger partial charge in [0.2, 0.25) is 0 Å². The molecular weight excluding hydrogens is 256 g/mol. The Kier molecular flexibility index (Phi) is 4.57. The van der Waals surface area contributed by atoms with Crippen LogP contribution in [0.15, 0.2) is 12.1 Å². The molecule has 0 spiro atoms. The van der Waals surface area contributed by atoms with E-state index in [0.717, 1.165) is 18.7 Å². The highest BCUT2D eigenvalue weighted by Crippen LogP contribution is 2.20. The van der Waals surface area contributed by atoms with E-state index in [1.54, 1.807) is 13.2 Å². The van der Waals surface area contributed by atoms with Crippen LogP contribution >= 0.6 is 0 Å². The Morgan fingerprint density at radius 1 is 1.55 bits per heavy atom. The highest BCUT2D eigenvalue weighted by molar-refractivity contribution is 5.95. The van der Waals surface area contributed by atoms with Gasteiger partial charge in [0.25, 0.3) is 5.91 Å². The van der Waals surface area contributed by atoms with Crippen LogP contribution in [-0.4, -0.2) is 42.1 Å². The summed E-state index contributed by atoms with van der Waals surface area (Å²) in [6.45, 7) is 5.43. The maximum Gasteiger partial charge on any atom is 0.254 e. The summed E-state index contributed by atoms with van der Waals surface area (Å²) in [4.78, 5) is 18.7. The number of carbonyl (C=O) groups excluding carboxylic acids is 1. The van der Waals surface area contributed by atoms with Crippen LogP contribution in [0.1, 0.15) is 42.2 Å². The zero-order valence-electron chi connectivity index (χ0n) is 12.2. The van der Waals surface area contributed by atoms with Gasteiger partial charge < -0.3 is 15.1 Å². The molecule has 0 bridgehead atoms. The number of methoxy groups -OCH3 is 1. The molecule has 1 aliphatic heterocycles. The largest absolute Gasteiger partial charge is 0.380 e. The molecule has 0 saturated carbocycles. The third-order valence-corrected chi connectivity index (χ3v) is 3.60. The number of hydrogen-bond acceptors (Lipinski definition) is 5. The van der Waals surface area contributed by atoms with Crippen molar-refractivity contribution in [2.24, 2.45) is 5.84 Å². The summed E-state index contributed by atoms with van der Waals surface area (Å²) >= 11 is 0. The summed E-state index contributed by atoms with van der Waals surface area (Å²) in [6, 6.07) is 3.53. The van der Waals surface area contributed by atoms with Crippen molar-refractivity contribution in [3.63, 3.8) is 0 Å². The molecule has 2 rings (SSSR count). The minimum absolute atomic E-state index is 0.00495. The number of nitrogens with one attached hydrogen (secondary N) is 1. The molecular formula is C14H22N4O2. The summed E-state index contributed by atoms with van der Waals surface area (Å²) in [5, 5.41) is 0. The van der Waals surface area contributed by atoms with Gasteiger partial charge in [0.15, 0.2) is 0 Å². The van der Waals surface area contributed by atoms with E-state index in [0.29, 0.717) is 17.9 Å². The first-order valence-corrected chi connectivity index (χ1v) is 6.85. The predicted molar refractivity (Wildman–Crippen MR) is 77.5 cm³/mol. The van der Waals surface area contributed by atoms with Crippen molar-refractivity contribution in [3.05, 3.63) is 23.4 Å². The number of ether oxygens (including phenoxy) is 1. The van der Waals surface area contributed by atoms with Crippen LogP contribution < -0.4 is 11.3 Å². The molecule has 1 atom stereocenters. The summed E-state index contributed by atoms with van der Waals surface area (Å²) in [6.07, 6.45) is 1.02. The summed E-state index contributed by atoms with van der Waals surface area (Å²) in [5.74, 6) is 6.18. The third-order valence-electron chi connectivity index (χ3n) is 3.60. The van der Waals surface area contributed by atoms with E-state index in [4.69, 9.17) is 10.6 Å². The second-order valence-electron chi connectivity index (χ2n) is 5.36. The number of nitrogens with zero attached hydrogens (tertiary/aromatic N) is 2. The van der Waals surface area contributed by atoms with E-state index in [9.17, 15) is 4.79 Å². The molecule has 1 aromatic rings. The van der Waals surface area contributed by atoms with Crippen molar-refractivity contribution >= 4 is 11.7 Å². The van der Waals surface area contributed by atoms with E-state index in [-0.39, 0.29) is 17.9 Å². The van der Waals surface area contributed by atoms with Crippen LogP contribution in [0.4, 0.5) is 5.82 Å². The molecule has 3 N–H and O–H groups in total. The molecule has 1 saturated heterocycles. The first kappa shape index (κ1) is 14.7. The van der Waals surface area contributed by atoms with Crippen molar-refractivity contribution in [3.8, 4) is 0 Å². The Bertz CT molecular complexity index is 490. The van der Waals surface area contributed by atoms with Crippen molar-refractivity contribution in [2.45, 2.75) is 32.3 Å². The molecule has 6 nitrogen and oxygen atoms in total. The second-order valence-corrected chi connectivity index (χ2v) is 5.36. The van der Waals surface area contributed by atoms with Crippen molar-refractivity contribution < 1.29 is 9.53 Å². The highest BCUT2D eigenvalue weighted by atomic mass is 16.5. The van der Waals surface area contributed by atoms with Crippen molar-refractivity contribution in [1.82, 2.24) is 9.88 Å². The van der Waals surface area contributed by atoms with Gasteiger partial charge in [-0.3, -0.25) is 4.79 Å². The van der Waals surface area contributed by atoms with Crippen LogP contribution in [0.5, 0.6) is 0 Å². The molecule has 1 amide bonds. The van der Waals surface area contributed by atoms with Gasteiger partial charge in [0.05, 0.1) is 6.10 Å². The van der Waals surface area contributed by atoms with Gasteiger partial charge in [-0.2, -0.15) is 0 Å². The number of nitrogen functional groups attached to an aromatic ring is 1. The average Bonchev–Trinajstić information content (AvgIpc) is 2.94. The minimum Gasteiger partial charge on any atom is -0.380 e. The molecule has 20 heavy (non-hydrogen) atoms. The minimum atomic E-state index is 0.00495. The Labute approximate surface area is 119 Å². The third kappa shape index (κ3) is 3.08. The molecule has 1 aliphatic rings. The maximum atomic E-state index is 12.5. The predicted octanol–water partition coefficient (Wildman–Crippen LogP) is 1.35. The second kappa shape index (κ2) is 6.19. The number of nitrogens with two attached hydrogens (primary N) is 1. The molecule has 0 radical (unpaired) electrons. The summed E-state index contributed by atoms with van der Waals surface area (Å²) in [5.41, 5.74) is 3.99. The lowest BCUT2D eigenvalue weighted by molar-refractivity contribution is 0.0724. The molecule has 1 fully saturated rings. The van der Waals surface area contributed by atoms with Gasteiger partial charge in [0, 0.05) is 31.5 Å². The van der Waals surface area contributed by atoms with Crippen molar-refractivity contribution in [1.29, 1.82) is 0 Å². The highest BCUT2D eigenvalue weighted by Gasteiger charge is 2.27. The Morgan fingerprint density at radius 3 is 2.85 bits per heavy atom. The molecule has 1 aromatic heterocycles. The van der Waals surface area contributed by atoms with Gasteiger partial charge in [-0.05, 0) is 24.5 Å². The molecule has 110 valence electrons. The normalized spacial score (nSPS) is 18.6. The van der Waals surface area contributed by atoms with E-state index >= 15 is 0 Å². The number of carbonyl (C=O) groups is 1.